The molecule has 0 amide bonds. The predicted octanol–water partition coefficient (Wildman–Crippen LogP) is 6.13. The lowest BCUT2D eigenvalue weighted by Crippen LogP contribution is -2.11. The summed E-state index contributed by atoms with van der Waals surface area (Å²) in [6.07, 6.45) is 0. The molecule has 3 nitrogen and oxygen atoms in total. The fraction of sp³-hybridized carbons (Fsp3) is 0.308. The number of rotatable bonds is 6. The van der Waals surface area contributed by atoms with E-state index in [4.69, 9.17) is 14.2 Å². The molecule has 0 saturated heterocycles. The van der Waals surface area contributed by atoms with Crippen LogP contribution in [-0.4, -0.2) is 21.3 Å². The lowest BCUT2D eigenvalue weighted by molar-refractivity contribution is 0.401. The molecule has 0 N–H and O–H groups in total. The van der Waals surface area contributed by atoms with Crippen LogP contribution in [0.1, 0.15) is 44.9 Å². The van der Waals surface area contributed by atoms with Gasteiger partial charge in [-0.15, -0.1) is 0 Å². The zero-order valence-corrected chi connectivity index (χ0v) is 18.4. The maximum absolute atomic E-state index is 5.85. The standard InChI is InChI=1S/C26H30O3/c1-16-12-18(3)24(22(14-16)28-6)26(20-8-10-21(27-5)11-9-20)25-19(4)13-17(2)15-23(25)29-7/h8-15,26H,1-7H3. The summed E-state index contributed by atoms with van der Waals surface area (Å²) in [7, 11) is 5.16. The van der Waals surface area contributed by atoms with Crippen LogP contribution in [0.15, 0.2) is 48.5 Å². The van der Waals surface area contributed by atoms with E-state index in [1.165, 1.54) is 27.8 Å². The average Bonchev–Trinajstić information content (AvgIpc) is 2.70. The zero-order chi connectivity index (χ0) is 21.1. The van der Waals surface area contributed by atoms with Gasteiger partial charge >= 0.3 is 0 Å². The third kappa shape index (κ3) is 4.09. The molecule has 0 aliphatic rings. The van der Waals surface area contributed by atoms with Crippen LogP contribution < -0.4 is 14.2 Å². The average molecular weight is 391 g/mol. The molecule has 3 heteroatoms. The fourth-order valence-corrected chi connectivity index (χ4v) is 4.23. The summed E-state index contributed by atoms with van der Waals surface area (Å²) in [4.78, 5) is 0. The summed E-state index contributed by atoms with van der Waals surface area (Å²) >= 11 is 0. The van der Waals surface area contributed by atoms with Crippen molar-refractivity contribution in [2.24, 2.45) is 0 Å². The highest BCUT2D eigenvalue weighted by Crippen LogP contribution is 2.45. The van der Waals surface area contributed by atoms with E-state index < -0.39 is 0 Å². The van der Waals surface area contributed by atoms with Crippen LogP contribution in [0.2, 0.25) is 0 Å². The van der Waals surface area contributed by atoms with Gasteiger partial charge in [-0.1, -0.05) is 24.3 Å². The van der Waals surface area contributed by atoms with Gasteiger partial charge in [0.2, 0.25) is 0 Å². The summed E-state index contributed by atoms with van der Waals surface area (Å²) in [5.41, 5.74) is 8.26. The van der Waals surface area contributed by atoms with E-state index in [0.29, 0.717) is 0 Å². The first kappa shape index (κ1) is 20.8. The first-order valence-corrected chi connectivity index (χ1v) is 9.83. The fourth-order valence-electron chi connectivity index (χ4n) is 4.23. The predicted molar refractivity (Wildman–Crippen MR) is 119 cm³/mol. The third-order valence-electron chi connectivity index (χ3n) is 5.45. The van der Waals surface area contributed by atoms with Gasteiger partial charge in [-0.05, 0) is 79.8 Å². The molecular weight excluding hydrogens is 360 g/mol. The largest absolute Gasteiger partial charge is 0.497 e. The second-order valence-corrected chi connectivity index (χ2v) is 7.60. The maximum Gasteiger partial charge on any atom is 0.123 e. The van der Waals surface area contributed by atoms with Crippen LogP contribution in [0, 0.1) is 27.7 Å². The van der Waals surface area contributed by atoms with E-state index >= 15 is 0 Å². The number of methoxy groups -OCH3 is 3. The molecule has 152 valence electrons. The van der Waals surface area contributed by atoms with Gasteiger partial charge in [-0.25, -0.2) is 0 Å². The van der Waals surface area contributed by atoms with Crippen molar-refractivity contribution in [2.75, 3.05) is 21.3 Å². The van der Waals surface area contributed by atoms with Crippen molar-refractivity contribution in [3.63, 3.8) is 0 Å². The molecular formula is C26H30O3. The molecule has 0 heterocycles. The van der Waals surface area contributed by atoms with Gasteiger partial charge in [0, 0.05) is 17.0 Å². The minimum atomic E-state index is -0.0213. The van der Waals surface area contributed by atoms with E-state index in [9.17, 15) is 0 Å². The van der Waals surface area contributed by atoms with E-state index in [1.54, 1.807) is 21.3 Å². The van der Waals surface area contributed by atoms with Crippen LogP contribution in [0.5, 0.6) is 17.2 Å². The van der Waals surface area contributed by atoms with Crippen LogP contribution in [0.4, 0.5) is 0 Å². The highest BCUT2D eigenvalue weighted by molar-refractivity contribution is 5.59. The Morgan fingerprint density at radius 3 is 1.41 bits per heavy atom. The van der Waals surface area contributed by atoms with Crippen molar-refractivity contribution in [2.45, 2.75) is 33.6 Å². The van der Waals surface area contributed by atoms with Gasteiger partial charge in [-0.3, -0.25) is 0 Å². The smallest absolute Gasteiger partial charge is 0.123 e. The lowest BCUT2D eigenvalue weighted by Gasteiger charge is -2.27. The number of benzene rings is 3. The topological polar surface area (TPSA) is 27.7 Å². The summed E-state index contributed by atoms with van der Waals surface area (Å²) in [6.45, 7) is 8.49. The summed E-state index contributed by atoms with van der Waals surface area (Å²) in [5, 5.41) is 0. The lowest BCUT2D eigenvalue weighted by atomic mass is 9.79. The SMILES string of the molecule is COc1ccc(C(c2c(C)cc(C)cc2OC)c2c(C)cc(C)cc2OC)cc1. The Balaban J connectivity index is 2.36. The van der Waals surface area contributed by atoms with Crippen LogP contribution in [0.25, 0.3) is 0 Å². The van der Waals surface area contributed by atoms with Crippen molar-refractivity contribution >= 4 is 0 Å². The van der Waals surface area contributed by atoms with Crippen LogP contribution in [-0.2, 0) is 0 Å². The Morgan fingerprint density at radius 1 is 0.586 bits per heavy atom. The molecule has 0 atom stereocenters. The van der Waals surface area contributed by atoms with Gasteiger partial charge in [0.1, 0.15) is 17.2 Å². The molecule has 0 aliphatic heterocycles. The van der Waals surface area contributed by atoms with Gasteiger partial charge in [0.25, 0.3) is 0 Å². The maximum atomic E-state index is 5.85. The van der Waals surface area contributed by atoms with Crippen molar-refractivity contribution in [3.05, 3.63) is 87.5 Å². The highest BCUT2D eigenvalue weighted by atomic mass is 16.5. The molecule has 29 heavy (non-hydrogen) atoms. The van der Waals surface area contributed by atoms with Crippen molar-refractivity contribution in [3.8, 4) is 17.2 Å². The van der Waals surface area contributed by atoms with Gasteiger partial charge in [0.15, 0.2) is 0 Å². The van der Waals surface area contributed by atoms with E-state index in [1.807, 2.05) is 12.1 Å². The quantitative estimate of drug-likeness (QED) is 0.474. The van der Waals surface area contributed by atoms with Crippen LogP contribution in [0.3, 0.4) is 0 Å². The molecule has 3 aromatic carbocycles. The van der Waals surface area contributed by atoms with Gasteiger partial charge in [0.05, 0.1) is 21.3 Å². The molecule has 0 aliphatic carbocycles. The Bertz CT molecular complexity index is 944. The molecule has 0 saturated carbocycles. The highest BCUT2D eigenvalue weighted by Gasteiger charge is 2.27. The third-order valence-corrected chi connectivity index (χ3v) is 5.45. The number of hydrogen-bond donors (Lipinski definition) is 0. The second-order valence-electron chi connectivity index (χ2n) is 7.60. The Kier molecular flexibility index (Phi) is 6.17. The van der Waals surface area contributed by atoms with Crippen molar-refractivity contribution in [1.29, 1.82) is 0 Å². The molecule has 0 bridgehead atoms. The molecule has 3 rings (SSSR count). The normalized spacial score (nSPS) is 10.9. The summed E-state index contributed by atoms with van der Waals surface area (Å²) in [6, 6.07) is 16.9. The Morgan fingerprint density at radius 2 is 1.03 bits per heavy atom. The Hall–Kier alpha value is -2.94. The summed E-state index contributed by atoms with van der Waals surface area (Å²) in [5.74, 6) is 2.61. The zero-order valence-electron chi connectivity index (χ0n) is 18.4. The van der Waals surface area contributed by atoms with E-state index in [0.717, 1.165) is 28.4 Å². The molecule has 0 spiro atoms. The molecule has 0 radical (unpaired) electrons. The van der Waals surface area contributed by atoms with E-state index in [2.05, 4.69) is 64.1 Å². The van der Waals surface area contributed by atoms with Gasteiger partial charge < -0.3 is 14.2 Å². The van der Waals surface area contributed by atoms with Gasteiger partial charge in [-0.2, -0.15) is 0 Å². The number of hydrogen-bond acceptors (Lipinski definition) is 3. The molecule has 0 aromatic heterocycles. The monoisotopic (exact) mass is 390 g/mol. The number of aryl methyl sites for hydroxylation is 4. The van der Waals surface area contributed by atoms with E-state index in [-0.39, 0.29) is 5.92 Å². The minimum Gasteiger partial charge on any atom is -0.497 e. The minimum absolute atomic E-state index is 0.0213. The second kappa shape index (κ2) is 8.60. The van der Waals surface area contributed by atoms with Crippen molar-refractivity contribution < 1.29 is 14.2 Å². The Labute approximate surface area is 174 Å². The first-order chi connectivity index (χ1) is 13.9. The molecule has 0 fully saturated rings. The first-order valence-electron chi connectivity index (χ1n) is 9.83. The molecule has 0 unspecified atom stereocenters. The molecule has 3 aromatic rings. The summed E-state index contributed by atoms with van der Waals surface area (Å²) < 4.78 is 17.1. The van der Waals surface area contributed by atoms with Crippen LogP contribution >= 0.6 is 0 Å². The number of ether oxygens (including phenoxy) is 3. The van der Waals surface area contributed by atoms with Crippen molar-refractivity contribution in [1.82, 2.24) is 0 Å².